The Morgan fingerprint density at radius 3 is 2.77 bits per heavy atom. The van der Waals surface area contributed by atoms with Crippen LogP contribution in [0.5, 0.6) is 5.75 Å². The molecule has 1 aromatic carbocycles. The third kappa shape index (κ3) is 3.41. The molecule has 8 nitrogen and oxygen atoms in total. The number of fused-ring (bicyclic) bond motifs is 1. The number of aromatic carboxylic acids is 1. The number of hydrogen-bond donors (Lipinski definition) is 2. The van der Waals surface area contributed by atoms with Crippen molar-refractivity contribution in [1.82, 2.24) is 14.7 Å². The molecule has 0 spiro atoms. The molecule has 26 heavy (non-hydrogen) atoms. The van der Waals surface area contributed by atoms with Gasteiger partial charge in [0, 0.05) is 36.3 Å². The minimum Gasteiger partial charge on any atom is -0.496 e. The minimum atomic E-state index is -1.13. The molecular formula is C18H21N3O5. The molecule has 2 N–H and O–H groups in total. The Morgan fingerprint density at radius 2 is 2.08 bits per heavy atom. The number of aliphatic hydroxyl groups is 1. The number of rotatable bonds is 6. The molecule has 8 heteroatoms. The van der Waals surface area contributed by atoms with E-state index in [9.17, 15) is 14.7 Å². The van der Waals surface area contributed by atoms with Gasteiger partial charge >= 0.3 is 5.97 Å². The van der Waals surface area contributed by atoms with E-state index in [-0.39, 0.29) is 37.7 Å². The number of carbonyl (C=O) groups excluding carboxylic acids is 1. The Labute approximate surface area is 150 Å². The maximum absolute atomic E-state index is 12.7. The van der Waals surface area contributed by atoms with Gasteiger partial charge in [0.1, 0.15) is 5.75 Å². The zero-order valence-corrected chi connectivity index (χ0v) is 14.5. The number of carbonyl (C=O) groups is 2. The van der Waals surface area contributed by atoms with E-state index in [0.717, 1.165) is 11.3 Å². The van der Waals surface area contributed by atoms with E-state index in [0.29, 0.717) is 24.3 Å². The monoisotopic (exact) mass is 359 g/mol. The van der Waals surface area contributed by atoms with Crippen molar-refractivity contribution in [2.45, 2.75) is 25.9 Å². The smallest absolute Gasteiger partial charge is 0.356 e. The largest absolute Gasteiger partial charge is 0.496 e. The van der Waals surface area contributed by atoms with Gasteiger partial charge in [-0.3, -0.25) is 9.48 Å². The maximum atomic E-state index is 12.7. The second-order valence-corrected chi connectivity index (χ2v) is 6.08. The normalized spacial score (nSPS) is 13.4. The van der Waals surface area contributed by atoms with Gasteiger partial charge in [-0.15, -0.1) is 0 Å². The number of benzene rings is 1. The SMILES string of the molecule is COc1ccccc1CC(=O)N1CCc2c(c(C(=O)O)nn2CCO)C1. The first-order chi connectivity index (χ1) is 12.5. The molecule has 0 radical (unpaired) electrons. The molecular weight excluding hydrogens is 338 g/mol. The van der Waals surface area contributed by atoms with Crippen molar-refractivity contribution < 1.29 is 24.5 Å². The van der Waals surface area contributed by atoms with E-state index in [1.165, 1.54) is 4.68 Å². The molecule has 3 rings (SSSR count). The fourth-order valence-corrected chi connectivity index (χ4v) is 3.28. The Bertz CT molecular complexity index is 830. The Balaban J connectivity index is 1.81. The van der Waals surface area contributed by atoms with E-state index in [1.54, 1.807) is 18.1 Å². The maximum Gasteiger partial charge on any atom is 0.356 e. The molecule has 2 heterocycles. The Kier molecular flexibility index (Phi) is 5.22. The molecule has 1 amide bonds. The van der Waals surface area contributed by atoms with Gasteiger partial charge in [0.25, 0.3) is 0 Å². The standard InChI is InChI=1S/C18H21N3O5/c1-26-15-5-3-2-4-12(15)10-16(23)20-7-6-14-13(11-20)17(18(24)25)19-21(14)8-9-22/h2-5,22H,6-11H2,1H3,(H,24,25). The van der Waals surface area contributed by atoms with Crippen LogP contribution in [0.4, 0.5) is 0 Å². The van der Waals surface area contributed by atoms with Crippen molar-refractivity contribution in [2.24, 2.45) is 0 Å². The van der Waals surface area contributed by atoms with E-state index in [2.05, 4.69) is 5.10 Å². The van der Waals surface area contributed by atoms with Crippen LogP contribution in [0.2, 0.25) is 0 Å². The summed E-state index contributed by atoms with van der Waals surface area (Å²) in [5, 5.41) is 22.6. The quantitative estimate of drug-likeness (QED) is 0.787. The molecule has 0 atom stereocenters. The lowest BCUT2D eigenvalue weighted by Gasteiger charge is -2.28. The highest BCUT2D eigenvalue weighted by molar-refractivity contribution is 5.88. The van der Waals surface area contributed by atoms with Crippen LogP contribution in [-0.2, 0) is 30.7 Å². The van der Waals surface area contributed by atoms with E-state index < -0.39 is 5.97 Å². The molecule has 0 bridgehead atoms. The second kappa shape index (κ2) is 7.57. The van der Waals surface area contributed by atoms with Gasteiger partial charge in [-0.1, -0.05) is 18.2 Å². The fraction of sp³-hybridized carbons (Fsp3) is 0.389. The van der Waals surface area contributed by atoms with Crippen molar-refractivity contribution in [1.29, 1.82) is 0 Å². The second-order valence-electron chi connectivity index (χ2n) is 6.08. The van der Waals surface area contributed by atoms with E-state index >= 15 is 0 Å². The van der Waals surface area contributed by atoms with Crippen molar-refractivity contribution in [2.75, 3.05) is 20.3 Å². The molecule has 2 aromatic rings. The van der Waals surface area contributed by atoms with E-state index in [1.807, 2.05) is 18.2 Å². The zero-order valence-electron chi connectivity index (χ0n) is 14.5. The summed E-state index contributed by atoms with van der Waals surface area (Å²) >= 11 is 0. The molecule has 0 fully saturated rings. The minimum absolute atomic E-state index is 0.0526. The summed E-state index contributed by atoms with van der Waals surface area (Å²) in [6.45, 7) is 0.807. The van der Waals surface area contributed by atoms with Crippen LogP contribution in [0.25, 0.3) is 0 Å². The molecule has 1 aliphatic heterocycles. The van der Waals surface area contributed by atoms with Gasteiger partial charge in [-0.25, -0.2) is 4.79 Å². The number of nitrogens with zero attached hydrogens (tertiary/aromatic N) is 3. The molecule has 1 aromatic heterocycles. The first-order valence-electron chi connectivity index (χ1n) is 8.37. The first-order valence-corrected chi connectivity index (χ1v) is 8.37. The lowest BCUT2D eigenvalue weighted by atomic mass is 10.0. The molecule has 0 saturated carbocycles. The van der Waals surface area contributed by atoms with Gasteiger partial charge < -0.3 is 19.8 Å². The Hall–Kier alpha value is -2.87. The summed E-state index contributed by atoms with van der Waals surface area (Å²) < 4.78 is 6.81. The highest BCUT2D eigenvalue weighted by Gasteiger charge is 2.30. The summed E-state index contributed by atoms with van der Waals surface area (Å²) in [5.74, 6) is -0.566. The van der Waals surface area contributed by atoms with E-state index in [4.69, 9.17) is 9.84 Å². The fourth-order valence-electron chi connectivity index (χ4n) is 3.28. The van der Waals surface area contributed by atoms with Crippen LogP contribution in [-0.4, -0.2) is 57.0 Å². The Morgan fingerprint density at radius 1 is 1.31 bits per heavy atom. The zero-order chi connectivity index (χ0) is 18.7. The average molecular weight is 359 g/mol. The average Bonchev–Trinajstić information content (AvgIpc) is 3.00. The van der Waals surface area contributed by atoms with Gasteiger partial charge in [0.2, 0.25) is 5.91 Å². The summed E-state index contributed by atoms with van der Waals surface area (Å²) in [4.78, 5) is 25.8. The number of amides is 1. The van der Waals surface area contributed by atoms with Crippen molar-refractivity contribution in [3.05, 3.63) is 46.8 Å². The molecule has 0 unspecified atom stereocenters. The van der Waals surface area contributed by atoms with Gasteiger partial charge in [-0.05, 0) is 6.07 Å². The van der Waals surface area contributed by atoms with Gasteiger partial charge in [0.05, 0.1) is 26.7 Å². The van der Waals surface area contributed by atoms with Crippen LogP contribution in [0.1, 0.15) is 27.3 Å². The molecule has 1 aliphatic rings. The predicted molar refractivity (Wildman–Crippen MR) is 92.1 cm³/mol. The number of carboxylic acids is 1. The number of aliphatic hydroxyl groups excluding tert-OH is 1. The molecule has 0 aliphatic carbocycles. The summed E-state index contributed by atoms with van der Waals surface area (Å²) in [5.41, 5.74) is 2.06. The summed E-state index contributed by atoms with van der Waals surface area (Å²) in [6.07, 6.45) is 0.694. The van der Waals surface area contributed by atoms with Crippen LogP contribution in [0, 0.1) is 0 Å². The van der Waals surface area contributed by atoms with Gasteiger partial charge in [0.15, 0.2) is 5.69 Å². The van der Waals surface area contributed by atoms with Crippen LogP contribution < -0.4 is 4.74 Å². The number of methoxy groups -OCH3 is 1. The highest BCUT2D eigenvalue weighted by Crippen LogP contribution is 2.25. The van der Waals surface area contributed by atoms with Gasteiger partial charge in [-0.2, -0.15) is 5.10 Å². The van der Waals surface area contributed by atoms with Crippen molar-refractivity contribution in [3.63, 3.8) is 0 Å². The molecule has 0 saturated heterocycles. The first kappa shape index (κ1) is 17.9. The molecule has 138 valence electrons. The predicted octanol–water partition coefficient (Wildman–Crippen LogP) is 0.710. The number of para-hydroxylation sites is 1. The summed E-state index contributed by atoms with van der Waals surface area (Å²) in [6, 6.07) is 7.34. The van der Waals surface area contributed by atoms with Crippen LogP contribution in [0.3, 0.4) is 0 Å². The summed E-state index contributed by atoms with van der Waals surface area (Å²) in [7, 11) is 1.56. The number of aromatic nitrogens is 2. The number of hydrogen-bond acceptors (Lipinski definition) is 5. The third-order valence-corrected chi connectivity index (χ3v) is 4.54. The van der Waals surface area contributed by atoms with Crippen LogP contribution >= 0.6 is 0 Å². The highest BCUT2D eigenvalue weighted by atomic mass is 16.5. The number of carboxylic acid groups (broad SMARTS) is 1. The lowest BCUT2D eigenvalue weighted by Crippen LogP contribution is -2.37. The topological polar surface area (TPSA) is 105 Å². The number of ether oxygens (including phenoxy) is 1. The third-order valence-electron chi connectivity index (χ3n) is 4.54. The van der Waals surface area contributed by atoms with Crippen LogP contribution in [0.15, 0.2) is 24.3 Å². The van der Waals surface area contributed by atoms with Crippen molar-refractivity contribution in [3.8, 4) is 5.75 Å². The lowest BCUT2D eigenvalue weighted by molar-refractivity contribution is -0.131. The van der Waals surface area contributed by atoms with Crippen molar-refractivity contribution >= 4 is 11.9 Å².